The van der Waals surface area contributed by atoms with Crippen molar-refractivity contribution in [1.82, 2.24) is 0 Å². The predicted molar refractivity (Wildman–Crippen MR) is 132 cm³/mol. The van der Waals surface area contributed by atoms with Crippen LogP contribution in [0.25, 0.3) is 0 Å². The number of rotatable bonds is 20. The van der Waals surface area contributed by atoms with Gasteiger partial charge in [0.2, 0.25) is 0 Å². The molecule has 0 aliphatic rings. The molecule has 0 aliphatic heterocycles. The van der Waals surface area contributed by atoms with Crippen molar-refractivity contribution in [3.63, 3.8) is 0 Å². The summed E-state index contributed by atoms with van der Waals surface area (Å²) in [4.78, 5) is 0. The maximum absolute atomic E-state index is 10.8. The van der Waals surface area contributed by atoms with E-state index in [1.165, 1.54) is 32.1 Å². The predicted octanol–water partition coefficient (Wildman–Crippen LogP) is 5.92. The molecule has 0 aromatic heterocycles. The molecule has 0 saturated carbocycles. The minimum Gasteiger partial charge on any atom is -0.508 e. The van der Waals surface area contributed by atoms with Crippen molar-refractivity contribution in [1.29, 1.82) is 0 Å². The lowest BCUT2D eigenvalue weighted by Crippen LogP contribution is -2.12. The first kappa shape index (κ1) is 28.7. The molecule has 0 radical (unpaired) electrons. The van der Waals surface area contributed by atoms with E-state index < -0.39 is 0 Å². The summed E-state index contributed by atoms with van der Waals surface area (Å²) in [6.07, 6.45) is 10.1. The molecular formula is C27H48O5. The first-order chi connectivity index (χ1) is 15.5. The van der Waals surface area contributed by atoms with Gasteiger partial charge in [-0.1, -0.05) is 59.8 Å². The van der Waals surface area contributed by atoms with Crippen LogP contribution < -0.4 is 4.74 Å². The number of benzene rings is 1. The molecule has 1 rings (SSSR count). The SMILES string of the molecule is CCCCCc1cc(O)c(CC[C@@H](C)CCCC(C)C)c(OCCOCCOCCO)c1. The molecule has 0 aliphatic carbocycles. The van der Waals surface area contributed by atoms with Crippen LogP contribution in [0.15, 0.2) is 12.1 Å². The highest BCUT2D eigenvalue weighted by Crippen LogP contribution is 2.33. The average Bonchev–Trinajstić information content (AvgIpc) is 2.75. The number of ether oxygens (including phenoxy) is 3. The topological polar surface area (TPSA) is 68.2 Å². The molecule has 32 heavy (non-hydrogen) atoms. The van der Waals surface area contributed by atoms with E-state index in [1.54, 1.807) is 0 Å². The fourth-order valence-corrected chi connectivity index (χ4v) is 3.80. The van der Waals surface area contributed by atoms with Gasteiger partial charge in [0.05, 0.1) is 33.0 Å². The monoisotopic (exact) mass is 452 g/mol. The molecule has 2 N–H and O–H groups in total. The van der Waals surface area contributed by atoms with E-state index >= 15 is 0 Å². The van der Waals surface area contributed by atoms with Crippen LogP contribution in [0.1, 0.15) is 83.8 Å². The molecule has 0 bridgehead atoms. The number of aromatic hydroxyl groups is 1. The molecule has 0 fully saturated rings. The molecule has 1 aromatic rings. The molecule has 0 heterocycles. The van der Waals surface area contributed by atoms with Crippen LogP contribution in [-0.2, 0) is 22.3 Å². The molecule has 5 nitrogen and oxygen atoms in total. The lowest BCUT2D eigenvalue weighted by molar-refractivity contribution is 0.0246. The summed E-state index contributed by atoms with van der Waals surface area (Å²) in [6, 6.07) is 4.04. The van der Waals surface area contributed by atoms with Crippen molar-refractivity contribution in [2.75, 3.05) is 39.6 Å². The van der Waals surface area contributed by atoms with Gasteiger partial charge in [0.15, 0.2) is 0 Å². The average molecular weight is 453 g/mol. The van der Waals surface area contributed by atoms with Crippen LogP contribution in [-0.4, -0.2) is 49.9 Å². The molecule has 0 spiro atoms. The van der Waals surface area contributed by atoms with E-state index in [9.17, 15) is 5.11 Å². The Hall–Kier alpha value is -1.30. The second-order valence-corrected chi connectivity index (χ2v) is 9.31. The first-order valence-electron chi connectivity index (χ1n) is 12.7. The van der Waals surface area contributed by atoms with Crippen molar-refractivity contribution in [2.45, 2.75) is 85.5 Å². The van der Waals surface area contributed by atoms with Gasteiger partial charge in [0.25, 0.3) is 0 Å². The van der Waals surface area contributed by atoms with Gasteiger partial charge in [-0.15, -0.1) is 0 Å². The zero-order chi connectivity index (χ0) is 23.6. The molecule has 186 valence electrons. The largest absolute Gasteiger partial charge is 0.508 e. The third-order valence-corrected chi connectivity index (χ3v) is 5.77. The standard InChI is InChI=1S/C27H48O5/c1-5-6-7-11-24-20-26(29)25(13-12-23(4)10-8-9-22(2)3)27(21-24)32-19-18-31-17-16-30-15-14-28/h20-23,28-29H,5-19H2,1-4H3/t23-/m0/s1. The highest BCUT2D eigenvalue weighted by atomic mass is 16.5. The first-order valence-corrected chi connectivity index (χ1v) is 12.7. The van der Waals surface area contributed by atoms with Gasteiger partial charge in [-0.05, 0) is 55.2 Å². The summed E-state index contributed by atoms with van der Waals surface area (Å²) in [5, 5.41) is 19.5. The summed E-state index contributed by atoms with van der Waals surface area (Å²) in [7, 11) is 0. The summed E-state index contributed by atoms with van der Waals surface area (Å²) < 4.78 is 16.8. The fraction of sp³-hybridized carbons (Fsp3) is 0.778. The van der Waals surface area contributed by atoms with Crippen LogP contribution in [0.3, 0.4) is 0 Å². The number of aryl methyl sites for hydroxylation is 1. The van der Waals surface area contributed by atoms with Crippen LogP contribution in [0.5, 0.6) is 11.5 Å². The number of phenols is 1. The Morgan fingerprint density at radius 3 is 2.22 bits per heavy atom. The van der Waals surface area contributed by atoms with Gasteiger partial charge in [-0.3, -0.25) is 0 Å². The number of hydrogen-bond donors (Lipinski definition) is 2. The number of aliphatic hydroxyl groups excluding tert-OH is 1. The number of unbranched alkanes of at least 4 members (excludes halogenated alkanes) is 2. The van der Waals surface area contributed by atoms with Crippen LogP contribution >= 0.6 is 0 Å². The van der Waals surface area contributed by atoms with Gasteiger partial charge in [-0.2, -0.15) is 0 Å². The quantitative estimate of drug-likeness (QED) is 0.240. The van der Waals surface area contributed by atoms with Gasteiger partial charge in [-0.25, -0.2) is 0 Å². The van der Waals surface area contributed by atoms with E-state index in [0.717, 1.165) is 48.5 Å². The maximum atomic E-state index is 10.8. The number of hydrogen-bond acceptors (Lipinski definition) is 5. The van der Waals surface area contributed by atoms with Crippen LogP contribution in [0.4, 0.5) is 0 Å². The van der Waals surface area contributed by atoms with Gasteiger partial charge in [0.1, 0.15) is 18.1 Å². The Morgan fingerprint density at radius 1 is 0.812 bits per heavy atom. The van der Waals surface area contributed by atoms with E-state index in [4.69, 9.17) is 19.3 Å². The second-order valence-electron chi connectivity index (χ2n) is 9.31. The van der Waals surface area contributed by atoms with Crippen molar-refractivity contribution in [2.24, 2.45) is 11.8 Å². The van der Waals surface area contributed by atoms with Gasteiger partial charge >= 0.3 is 0 Å². The normalized spacial score (nSPS) is 12.4. The summed E-state index contributed by atoms with van der Waals surface area (Å²) >= 11 is 0. The Labute approximate surface area is 196 Å². The highest BCUT2D eigenvalue weighted by Gasteiger charge is 2.14. The van der Waals surface area contributed by atoms with E-state index in [-0.39, 0.29) is 6.61 Å². The molecule has 5 heteroatoms. The van der Waals surface area contributed by atoms with Gasteiger partial charge in [0, 0.05) is 5.56 Å². The third-order valence-electron chi connectivity index (χ3n) is 5.77. The molecule has 1 atom stereocenters. The minimum absolute atomic E-state index is 0.0281. The van der Waals surface area contributed by atoms with Crippen molar-refractivity contribution in [3.8, 4) is 11.5 Å². The van der Waals surface area contributed by atoms with Crippen molar-refractivity contribution in [3.05, 3.63) is 23.3 Å². The Balaban J connectivity index is 2.63. The van der Waals surface area contributed by atoms with E-state index in [1.807, 2.05) is 6.07 Å². The van der Waals surface area contributed by atoms with Crippen LogP contribution in [0.2, 0.25) is 0 Å². The van der Waals surface area contributed by atoms with E-state index in [0.29, 0.717) is 44.7 Å². The fourth-order valence-electron chi connectivity index (χ4n) is 3.80. The number of phenolic OH excluding ortho intramolecular Hbond substituents is 1. The summed E-state index contributed by atoms with van der Waals surface area (Å²) in [5.74, 6) is 2.55. The van der Waals surface area contributed by atoms with Gasteiger partial charge < -0.3 is 24.4 Å². The molecule has 0 saturated heterocycles. The van der Waals surface area contributed by atoms with Crippen LogP contribution in [0, 0.1) is 11.8 Å². The van der Waals surface area contributed by atoms with Crippen molar-refractivity contribution < 1.29 is 24.4 Å². The third kappa shape index (κ3) is 13.3. The smallest absolute Gasteiger partial charge is 0.126 e. The zero-order valence-electron chi connectivity index (χ0n) is 21.0. The summed E-state index contributed by atoms with van der Waals surface area (Å²) in [6.45, 7) is 11.3. The highest BCUT2D eigenvalue weighted by molar-refractivity contribution is 5.47. The Bertz CT molecular complexity index is 588. The molecule has 0 amide bonds. The molecule has 1 aromatic carbocycles. The zero-order valence-corrected chi connectivity index (χ0v) is 21.0. The Morgan fingerprint density at radius 2 is 1.53 bits per heavy atom. The lowest BCUT2D eigenvalue weighted by Gasteiger charge is -2.17. The minimum atomic E-state index is 0.0281. The Kier molecular flexibility index (Phi) is 16.3. The lowest BCUT2D eigenvalue weighted by atomic mass is 9.93. The maximum Gasteiger partial charge on any atom is 0.126 e. The number of aliphatic hydroxyl groups is 1. The molecule has 0 unspecified atom stereocenters. The second kappa shape index (κ2) is 18.2. The summed E-state index contributed by atoms with van der Waals surface area (Å²) in [5.41, 5.74) is 2.06. The molecular weight excluding hydrogens is 404 g/mol. The van der Waals surface area contributed by atoms with E-state index in [2.05, 4.69) is 33.8 Å². The van der Waals surface area contributed by atoms with Crippen molar-refractivity contribution >= 4 is 0 Å².